The summed E-state index contributed by atoms with van der Waals surface area (Å²) < 4.78 is 27.0. The van der Waals surface area contributed by atoms with Crippen LogP contribution in [0.25, 0.3) is 0 Å². The van der Waals surface area contributed by atoms with Crippen LogP contribution in [0.15, 0.2) is 72.8 Å². The fourth-order valence-corrected chi connectivity index (χ4v) is 5.49. The molecule has 2 amide bonds. The molecule has 0 saturated heterocycles. The van der Waals surface area contributed by atoms with Gasteiger partial charge in [-0.05, 0) is 69.0 Å². The Morgan fingerprint density at radius 3 is 2.15 bits per heavy atom. The molecule has 40 heavy (non-hydrogen) atoms. The predicted octanol–water partition coefficient (Wildman–Crippen LogP) is 5.28. The van der Waals surface area contributed by atoms with Crippen molar-refractivity contribution in [2.45, 2.75) is 59.2 Å². The van der Waals surface area contributed by atoms with Gasteiger partial charge in [0.15, 0.2) is 0 Å². The number of aryl methyl sites for hydroxylation is 2. The molecular formula is C31H38ClN3O4S. The normalized spacial score (nSPS) is 12.5. The number of halogens is 1. The van der Waals surface area contributed by atoms with Crippen LogP contribution in [0.1, 0.15) is 43.0 Å². The molecule has 0 radical (unpaired) electrons. The first-order chi connectivity index (χ1) is 18.7. The van der Waals surface area contributed by atoms with Gasteiger partial charge in [-0.25, -0.2) is 8.42 Å². The number of sulfonamides is 1. The van der Waals surface area contributed by atoms with Crippen molar-refractivity contribution in [2.24, 2.45) is 0 Å². The molecule has 0 aliphatic rings. The van der Waals surface area contributed by atoms with E-state index in [0.717, 1.165) is 27.3 Å². The maximum Gasteiger partial charge on any atom is 0.244 e. The quantitative estimate of drug-likeness (QED) is 0.352. The molecule has 9 heteroatoms. The van der Waals surface area contributed by atoms with Gasteiger partial charge >= 0.3 is 0 Å². The maximum absolute atomic E-state index is 14.2. The Bertz CT molecular complexity index is 1450. The standard InChI is InChI=1S/C31H38ClN3O4S/c1-22-12-10-11-15-25(22)20-34(28(30(37)33-31(3,4)5)18-24-13-8-7-9-14-24)29(36)21-35(40(6,38)39)27-19-26(32)17-16-23(27)2/h7-17,19,28H,18,20-21H2,1-6H3,(H,33,37)/t28-/m0/s1. The minimum Gasteiger partial charge on any atom is -0.350 e. The molecular weight excluding hydrogens is 546 g/mol. The van der Waals surface area contributed by atoms with Gasteiger partial charge in [-0.3, -0.25) is 13.9 Å². The minimum absolute atomic E-state index is 0.132. The van der Waals surface area contributed by atoms with E-state index in [1.165, 1.54) is 11.0 Å². The zero-order chi connectivity index (χ0) is 29.7. The zero-order valence-corrected chi connectivity index (χ0v) is 25.5. The summed E-state index contributed by atoms with van der Waals surface area (Å²) in [7, 11) is -3.87. The Morgan fingerprint density at radius 2 is 1.55 bits per heavy atom. The Balaban J connectivity index is 2.11. The summed E-state index contributed by atoms with van der Waals surface area (Å²) in [6.45, 7) is 8.99. The zero-order valence-electron chi connectivity index (χ0n) is 23.9. The van der Waals surface area contributed by atoms with Gasteiger partial charge in [-0.2, -0.15) is 0 Å². The summed E-state index contributed by atoms with van der Waals surface area (Å²) in [5.41, 5.74) is 3.13. The SMILES string of the molecule is Cc1ccccc1CN(C(=O)CN(c1cc(Cl)ccc1C)S(C)(=O)=O)[C@@H](Cc1ccccc1)C(=O)NC(C)(C)C. The van der Waals surface area contributed by atoms with Crippen LogP contribution >= 0.6 is 11.6 Å². The lowest BCUT2D eigenvalue weighted by Gasteiger charge is -2.35. The van der Waals surface area contributed by atoms with E-state index >= 15 is 0 Å². The molecule has 7 nitrogen and oxygen atoms in total. The fourth-order valence-electron chi connectivity index (χ4n) is 4.42. The lowest BCUT2D eigenvalue weighted by molar-refractivity contribution is -0.140. The topological polar surface area (TPSA) is 86.8 Å². The van der Waals surface area contributed by atoms with Crippen molar-refractivity contribution in [1.82, 2.24) is 10.2 Å². The van der Waals surface area contributed by atoms with Crippen LogP contribution < -0.4 is 9.62 Å². The summed E-state index contributed by atoms with van der Waals surface area (Å²) in [6, 6.07) is 21.1. The highest BCUT2D eigenvalue weighted by Gasteiger charge is 2.34. The van der Waals surface area contributed by atoms with Crippen LogP contribution in [0.4, 0.5) is 5.69 Å². The van der Waals surface area contributed by atoms with E-state index in [-0.39, 0.29) is 18.9 Å². The van der Waals surface area contributed by atoms with Crippen molar-refractivity contribution in [3.8, 4) is 0 Å². The molecule has 0 bridgehead atoms. The molecule has 0 unspecified atom stereocenters. The Morgan fingerprint density at radius 1 is 0.925 bits per heavy atom. The highest BCUT2D eigenvalue weighted by molar-refractivity contribution is 7.92. The second-order valence-electron chi connectivity index (χ2n) is 11.1. The van der Waals surface area contributed by atoms with Crippen LogP contribution in [0.3, 0.4) is 0 Å². The number of rotatable bonds is 10. The Kier molecular flexibility index (Phi) is 10.0. The molecule has 0 saturated carbocycles. The number of nitrogens with one attached hydrogen (secondary N) is 1. The van der Waals surface area contributed by atoms with E-state index in [1.807, 2.05) is 82.3 Å². The summed E-state index contributed by atoms with van der Waals surface area (Å²) in [6.07, 6.45) is 1.31. The third-order valence-electron chi connectivity index (χ3n) is 6.49. The molecule has 1 atom stereocenters. The van der Waals surface area contributed by atoms with Crippen LogP contribution in [-0.2, 0) is 32.6 Å². The summed E-state index contributed by atoms with van der Waals surface area (Å²) in [5.74, 6) is -0.818. The van der Waals surface area contributed by atoms with Crippen molar-refractivity contribution in [1.29, 1.82) is 0 Å². The number of carbonyl (C=O) groups is 2. The third-order valence-corrected chi connectivity index (χ3v) is 7.85. The van der Waals surface area contributed by atoms with Crippen molar-refractivity contribution >= 4 is 39.1 Å². The molecule has 3 aromatic rings. The van der Waals surface area contributed by atoms with E-state index in [2.05, 4.69) is 5.32 Å². The molecule has 3 aromatic carbocycles. The number of benzene rings is 3. The predicted molar refractivity (Wildman–Crippen MR) is 162 cm³/mol. The highest BCUT2D eigenvalue weighted by Crippen LogP contribution is 2.27. The van der Waals surface area contributed by atoms with Crippen LogP contribution in [0.5, 0.6) is 0 Å². The number of hydrogen-bond donors (Lipinski definition) is 1. The highest BCUT2D eigenvalue weighted by atomic mass is 35.5. The first-order valence-corrected chi connectivity index (χ1v) is 15.3. The van der Waals surface area contributed by atoms with Crippen LogP contribution in [0.2, 0.25) is 5.02 Å². The fraction of sp³-hybridized carbons (Fsp3) is 0.355. The lowest BCUT2D eigenvalue weighted by atomic mass is 10.00. The number of anilines is 1. The van der Waals surface area contributed by atoms with Gasteiger partial charge in [0.05, 0.1) is 11.9 Å². The molecule has 0 heterocycles. The Hall–Kier alpha value is -3.36. The van der Waals surface area contributed by atoms with Gasteiger partial charge < -0.3 is 10.2 Å². The molecule has 214 valence electrons. The molecule has 0 aliphatic carbocycles. The van der Waals surface area contributed by atoms with E-state index in [0.29, 0.717) is 16.3 Å². The molecule has 1 N–H and O–H groups in total. The number of carbonyl (C=O) groups excluding carboxylic acids is 2. The monoisotopic (exact) mass is 583 g/mol. The van der Waals surface area contributed by atoms with Crippen molar-refractivity contribution in [3.05, 3.63) is 100 Å². The molecule has 0 fully saturated rings. The molecule has 0 spiro atoms. The van der Waals surface area contributed by atoms with Gasteiger partial charge in [0, 0.05) is 23.5 Å². The molecule has 0 aromatic heterocycles. The van der Waals surface area contributed by atoms with Crippen molar-refractivity contribution in [3.63, 3.8) is 0 Å². The van der Waals surface area contributed by atoms with Gasteiger partial charge in [0.1, 0.15) is 12.6 Å². The van der Waals surface area contributed by atoms with E-state index < -0.39 is 34.1 Å². The maximum atomic E-state index is 14.2. The summed E-state index contributed by atoms with van der Waals surface area (Å²) >= 11 is 6.21. The van der Waals surface area contributed by atoms with Crippen molar-refractivity contribution in [2.75, 3.05) is 17.1 Å². The van der Waals surface area contributed by atoms with Gasteiger partial charge in [-0.15, -0.1) is 0 Å². The molecule has 3 rings (SSSR count). The minimum atomic E-state index is -3.87. The number of amides is 2. The Labute approximate surface area is 243 Å². The van der Waals surface area contributed by atoms with Crippen LogP contribution in [-0.4, -0.2) is 49.5 Å². The lowest BCUT2D eigenvalue weighted by Crippen LogP contribution is -2.56. The smallest absolute Gasteiger partial charge is 0.244 e. The van der Waals surface area contributed by atoms with Gasteiger partial charge in [0.25, 0.3) is 0 Å². The van der Waals surface area contributed by atoms with Crippen LogP contribution in [0, 0.1) is 13.8 Å². The summed E-state index contributed by atoms with van der Waals surface area (Å²) in [5, 5.41) is 3.38. The summed E-state index contributed by atoms with van der Waals surface area (Å²) in [4.78, 5) is 29.5. The average Bonchev–Trinajstić information content (AvgIpc) is 2.86. The van der Waals surface area contributed by atoms with E-state index in [4.69, 9.17) is 11.6 Å². The van der Waals surface area contributed by atoms with E-state index in [1.54, 1.807) is 19.1 Å². The first-order valence-electron chi connectivity index (χ1n) is 13.1. The number of nitrogens with zero attached hydrogens (tertiary/aromatic N) is 2. The average molecular weight is 584 g/mol. The first kappa shape index (κ1) is 31.2. The van der Waals surface area contributed by atoms with E-state index in [9.17, 15) is 18.0 Å². The van der Waals surface area contributed by atoms with Gasteiger partial charge in [0.2, 0.25) is 21.8 Å². The number of hydrogen-bond acceptors (Lipinski definition) is 4. The van der Waals surface area contributed by atoms with Crippen molar-refractivity contribution < 1.29 is 18.0 Å². The third kappa shape index (κ3) is 8.57. The second-order valence-corrected chi connectivity index (χ2v) is 13.4. The largest absolute Gasteiger partial charge is 0.350 e. The molecule has 0 aliphatic heterocycles. The van der Waals surface area contributed by atoms with Gasteiger partial charge in [-0.1, -0.05) is 72.3 Å². The second kappa shape index (κ2) is 12.9.